The number of nitrogens with one attached hydrogen (secondary N) is 2. The van der Waals surface area contributed by atoms with Gasteiger partial charge in [-0.15, -0.1) is 0 Å². The summed E-state index contributed by atoms with van der Waals surface area (Å²) in [7, 11) is 3.00. The van der Waals surface area contributed by atoms with Gasteiger partial charge in [0.05, 0.1) is 35.4 Å². The largest absolute Gasteiger partial charge is 0.488 e. The van der Waals surface area contributed by atoms with Crippen LogP contribution in [0, 0.1) is 17.8 Å². The number of nitrogens with zero attached hydrogens (tertiary/aromatic N) is 2. The van der Waals surface area contributed by atoms with Crippen molar-refractivity contribution in [3.8, 4) is 16.9 Å². The molecule has 0 spiro atoms. The molecule has 2 amide bonds. The third-order valence-electron chi connectivity index (χ3n) is 11.0. The number of piperidine rings is 1. The van der Waals surface area contributed by atoms with Crippen LogP contribution in [0.15, 0.2) is 42.5 Å². The summed E-state index contributed by atoms with van der Waals surface area (Å²) in [5.74, 6) is 2.17. The molecule has 2 aliphatic heterocycles. The van der Waals surface area contributed by atoms with Gasteiger partial charge in [0, 0.05) is 17.0 Å². The van der Waals surface area contributed by atoms with E-state index in [9.17, 15) is 14.7 Å². The van der Waals surface area contributed by atoms with Gasteiger partial charge in [0.15, 0.2) is 0 Å². The monoisotopic (exact) mass is 651 g/mol. The van der Waals surface area contributed by atoms with Gasteiger partial charge in [-0.05, 0) is 86.6 Å². The van der Waals surface area contributed by atoms with Crippen LogP contribution in [0.4, 0.5) is 4.79 Å². The van der Waals surface area contributed by atoms with Crippen molar-refractivity contribution in [3.63, 3.8) is 0 Å². The average molecular weight is 652 g/mol. The van der Waals surface area contributed by atoms with Gasteiger partial charge in [0.2, 0.25) is 5.91 Å². The van der Waals surface area contributed by atoms with Crippen molar-refractivity contribution in [1.29, 1.82) is 0 Å². The van der Waals surface area contributed by atoms with Crippen molar-refractivity contribution >= 4 is 46.8 Å². The lowest BCUT2D eigenvalue weighted by atomic mass is 9.80. The second-order valence-corrected chi connectivity index (χ2v) is 15.0. The van der Waals surface area contributed by atoms with Crippen molar-refractivity contribution in [2.24, 2.45) is 17.8 Å². The normalized spacial score (nSPS) is 22.2. The molecule has 7 rings (SSSR count). The topological polar surface area (TPSA) is 126 Å². The quantitative estimate of drug-likeness (QED) is 0.219. The summed E-state index contributed by atoms with van der Waals surface area (Å²) < 4.78 is 17.1. The number of aliphatic hydroxyl groups is 1. The Labute approximate surface area is 281 Å². The number of fused-ring (bicyclic) bond motifs is 7. The highest BCUT2D eigenvalue weighted by molar-refractivity contribution is 6.47. The number of aromatic nitrogens is 2. The summed E-state index contributed by atoms with van der Waals surface area (Å²) in [4.78, 5) is 36.8. The summed E-state index contributed by atoms with van der Waals surface area (Å²) >= 11 is 0. The predicted molar refractivity (Wildman–Crippen MR) is 185 cm³/mol. The number of rotatable bonds is 8. The van der Waals surface area contributed by atoms with Crippen molar-refractivity contribution in [1.82, 2.24) is 20.2 Å². The van der Waals surface area contributed by atoms with Crippen molar-refractivity contribution in [2.45, 2.75) is 90.8 Å². The second-order valence-electron chi connectivity index (χ2n) is 15.0. The summed E-state index contributed by atoms with van der Waals surface area (Å²) in [5.41, 5.74) is 4.05. The predicted octanol–water partition coefficient (Wildman–Crippen LogP) is 5.37. The standard InChI is InChI=1S/C37H44BN4O6/c1-18(2)30(41-35(44)46-8)34(43)42-28(15-24-19(3)32(24)42)33-39-27-12-9-20-14-26-23-11-10-22(38-48-37(6,7)36(4,5)45)13-21(23)17-47-29(26)16-25(20)31(27)40-33/h9-14,16,18-19,24,28,30,32,45H,15,17H2,1-8H3,(H,39,40)(H,41,44)/t19-,24+,28?,30+,32-/m1/s1. The van der Waals surface area contributed by atoms with Crippen molar-refractivity contribution < 1.29 is 28.8 Å². The molecule has 1 aliphatic carbocycles. The Morgan fingerprint density at radius 3 is 2.60 bits per heavy atom. The Morgan fingerprint density at radius 2 is 1.90 bits per heavy atom. The first-order valence-corrected chi connectivity index (χ1v) is 16.8. The smallest absolute Gasteiger partial charge is 0.407 e. The van der Waals surface area contributed by atoms with Crippen molar-refractivity contribution in [3.05, 3.63) is 53.9 Å². The van der Waals surface area contributed by atoms with Crippen LogP contribution in [0.3, 0.4) is 0 Å². The molecule has 3 aliphatic rings. The van der Waals surface area contributed by atoms with E-state index in [1.807, 2.05) is 44.7 Å². The van der Waals surface area contributed by atoms with Crippen LogP contribution in [-0.4, -0.2) is 69.9 Å². The zero-order valence-electron chi connectivity index (χ0n) is 28.9. The maximum Gasteiger partial charge on any atom is 0.407 e. The first-order chi connectivity index (χ1) is 22.7. The number of hydrogen-bond donors (Lipinski definition) is 3. The number of carbonyl (C=O) groups is 2. The lowest BCUT2D eigenvalue weighted by Crippen LogP contribution is -2.52. The maximum absolute atomic E-state index is 14.0. The van der Waals surface area contributed by atoms with E-state index < -0.39 is 23.3 Å². The van der Waals surface area contributed by atoms with Crippen LogP contribution in [0.25, 0.3) is 32.9 Å². The molecule has 3 N–H and O–H groups in total. The number of imidazole rings is 1. The molecule has 1 unspecified atom stereocenters. The molecule has 1 saturated heterocycles. The van der Waals surface area contributed by atoms with Crippen LogP contribution in [0.2, 0.25) is 0 Å². The van der Waals surface area contributed by atoms with Gasteiger partial charge in [0.1, 0.15) is 24.2 Å². The SMILES string of the molecule is COC(=O)N[C@H](C(=O)N1C(c2nc3c(ccc4cc5c(cc43)OCc3cc([B]OC(C)(C)C(C)(C)O)ccc3-5)[nH]2)C[C@H]2[C@@H](C)[C@H]21)C(C)C. The molecule has 3 aromatic carbocycles. The second kappa shape index (κ2) is 11.5. The number of methoxy groups -OCH3 is 1. The highest BCUT2D eigenvalue weighted by Gasteiger charge is 2.61. The fourth-order valence-corrected chi connectivity index (χ4v) is 7.24. The molecule has 48 heavy (non-hydrogen) atoms. The maximum atomic E-state index is 14.0. The molecule has 2 fully saturated rings. The number of alkyl carbamates (subject to hydrolysis) is 1. The molecular weight excluding hydrogens is 607 g/mol. The van der Waals surface area contributed by atoms with Gasteiger partial charge in [-0.3, -0.25) is 4.79 Å². The van der Waals surface area contributed by atoms with E-state index in [1.54, 1.807) is 21.3 Å². The van der Waals surface area contributed by atoms with Crippen molar-refractivity contribution in [2.75, 3.05) is 7.11 Å². The Morgan fingerprint density at radius 1 is 1.12 bits per heavy atom. The Hall–Kier alpha value is -4.09. The summed E-state index contributed by atoms with van der Waals surface area (Å²) in [5, 5.41) is 15.2. The summed E-state index contributed by atoms with van der Waals surface area (Å²) in [6.07, 6.45) is 0.216. The van der Waals surface area contributed by atoms with Gasteiger partial charge >= 0.3 is 13.6 Å². The fourth-order valence-electron chi connectivity index (χ4n) is 7.24. The van der Waals surface area contributed by atoms with Gasteiger partial charge in [-0.25, -0.2) is 9.78 Å². The van der Waals surface area contributed by atoms with Gasteiger partial charge in [0.25, 0.3) is 0 Å². The molecule has 1 aromatic heterocycles. The molecule has 3 heterocycles. The van der Waals surface area contributed by atoms with E-state index in [4.69, 9.17) is 19.1 Å². The number of H-pyrrole nitrogens is 1. The molecule has 4 aromatic rings. The number of likely N-dealkylation sites (tertiary alicyclic amines) is 1. The van der Waals surface area contributed by atoms with E-state index >= 15 is 0 Å². The first kappa shape index (κ1) is 32.5. The average Bonchev–Trinajstić information content (AvgIpc) is 3.36. The highest BCUT2D eigenvalue weighted by Crippen LogP contribution is 2.57. The van der Waals surface area contributed by atoms with E-state index in [0.29, 0.717) is 18.4 Å². The van der Waals surface area contributed by atoms with Crippen LogP contribution < -0.4 is 15.5 Å². The minimum Gasteiger partial charge on any atom is -0.488 e. The van der Waals surface area contributed by atoms with Gasteiger partial charge < -0.3 is 34.4 Å². The summed E-state index contributed by atoms with van der Waals surface area (Å²) in [6, 6.07) is 13.8. The number of benzene rings is 3. The molecule has 11 heteroatoms. The van der Waals surface area contributed by atoms with E-state index in [-0.39, 0.29) is 23.9 Å². The molecule has 1 radical (unpaired) electrons. The lowest BCUT2D eigenvalue weighted by Gasteiger charge is -2.37. The summed E-state index contributed by atoms with van der Waals surface area (Å²) in [6.45, 7) is 13.7. The number of ether oxygens (including phenoxy) is 2. The van der Waals surface area contributed by atoms with Gasteiger partial charge in [-0.1, -0.05) is 50.5 Å². The third-order valence-corrected chi connectivity index (χ3v) is 11.0. The molecule has 10 nitrogen and oxygen atoms in total. The number of aromatic amines is 1. The molecule has 251 valence electrons. The third kappa shape index (κ3) is 5.41. The minimum atomic E-state index is -1.01. The highest BCUT2D eigenvalue weighted by atomic mass is 16.5. The van der Waals surface area contributed by atoms with Crippen LogP contribution in [0.1, 0.15) is 72.3 Å². The Balaban J connectivity index is 1.19. The van der Waals surface area contributed by atoms with E-state index in [0.717, 1.165) is 62.0 Å². The zero-order valence-corrected chi connectivity index (χ0v) is 28.9. The Kier molecular flexibility index (Phi) is 7.79. The molecule has 0 bridgehead atoms. The number of hydrogen-bond acceptors (Lipinski definition) is 7. The molecular formula is C37H44BN4O6. The van der Waals surface area contributed by atoms with Crippen LogP contribution in [-0.2, 0) is 20.8 Å². The molecule has 5 atom stereocenters. The Bertz CT molecular complexity index is 1930. The number of carbonyl (C=O) groups excluding carboxylic acids is 2. The zero-order chi connectivity index (χ0) is 34.3. The first-order valence-electron chi connectivity index (χ1n) is 16.8. The van der Waals surface area contributed by atoms with Gasteiger partial charge in [-0.2, -0.15) is 0 Å². The van der Waals surface area contributed by atoms with Crippen LogP contribution in [0.5, 0.6) is 5.75 Å². The minimum absolute atomic E-state index is 0.100. The number of amides is 2. The fraction of sp³-hybridized carbons (Fsp3) is 0.486. The lowest BCUT2D eigenvalue weighted by molar-refractivity contribution is -0.137. The van der Waals surface area contributed by atoms with Crippen LogP contribution >= 0.6 is 0 Å². The van der Waals surface area contributed by atoms with E-state index in [2.05, 4.69) is 47.6 Å². The molecule has 1 saturated carbocycles. The van der Waals surface area contributed by atoms with E-state index in [1.165, 1.54) is 7.11 Å².